The van der Waals surface area contributed by atoms with E-state index in [2.05, 4.69) is 15.1 Å². The van der Waals surface area contributed by atoms with Crippen LogP contribution in [0, 0.1) is 0 Å². The molecule has 4 nitrogen and oxygen atoms in total. The number of nitrogens with zero attached hydrogens (tertiary/aromatic N) is 4. The third-order valence-corrected chi connectivity index (χ3v) is 2.40. The fraction of sp³-hybridized carbons (Fsp3) is 0. The average molecular weight is 222 g/mol. The summed E-state index contributed by atoms with van der Waals surface area (Å²) in [5.74, 6) is 0.641. The Bertz CT molecular complexity index is 548. The van der Waals surface area contributed by atoms with Crippen molar-refractivity contribution < 1.29 is 0 Å². The van der Waals surface area contributed by atoms with Crippen LogP contribution < -0.4 is 0 Å². The fourth-order valence-corrected chi connectivity index (χ4v) is 1.60. The van der Waals surface area contributed by atoms with Crippen molar-refractivity contribution in [3.63, 3.8) is 0 Å². The van der Waals surface area contributed by atoms with Gasteiger partial charge in [0.25, 0.3) is 0 Å². The molecule has 2 heterocycles. The van der Waals surface area contributed by atoms with Gasteiger partial charge in [0.2, 0.25) is 0 Å². The monoisotopic (exact) mass is 222 g/mol. The van der Waals surface area contributed by atoms with Crippen molar-refractivity contribution in [3.05, 3.63) is 61.1 Å². The van der Waals surface area contributed by atoms with E-state index in [0.717, 1.165) is 11.4 Å². The highest BCUT2D eigenvalue weighted by molar-refractivity contribution is 5.48. The summed E-state index contributed by atoms with van der Waals surface area (Å²) in [5.41, 5.74) is 1.80. The normalized spacial score (nSPS) is 10.4. The first-order chi connectivity index (χ1) is 8.43. The number of hydrogen-bond donors (Lipinski definition) is 0. The van der Waals surface area contributed by atoms with E-state index >= 15 is 0 Å². The third kappa shape index (κ3) is 1.92. The molecule has 1 aromatic carbocycles. The minimum absolute atomic E-state index is 0.641. The maximum absolute atomic E-state index is 4.44. The van der Waals surface area contributed by atoms with Crippen LogP contribution in [0.4, 0.5) is 0 Å². The van der Waals surface area contributed by atoms with Gasteiger partial charge in [-0.15, -0.1) is 0 Å². The molecule has 0 fully saturated rings. The van der Waals surface area contributed by atoms with Crippen LogP contribution in [0.2, 0.25) is 0 Å². The molecule has 17 heavy (non-hydrogen) atoms. The van der Waals surface area contributed by atoms with E-state index in [0.29, 0.717) is 5.82 Å². The molecule has 0 unspecified atom stereocenters. The van der Waals surface area contributed by atoms with Gasteiger partial charge in [0.1, 0.15) is 5.69 Å². The number of aromatic nitrogens is 4. The Morgan fingerprint density at radius 2 is 1.59 bits per heavy atom. The fourth-order valence-electron chi connectivity index (χ4n) is 1.60. The van der Waals surface area contributed by atoms with Gasteiger partial charge in [0, 0.05) is 18.6 Å². The SMILES string of the molecule is c1ccc(-n2ccc(-c3ncccn3)n2)cc1. The minimum Gasteiger partial charge on any atom is -0.240 e. The van der Waals surface area contributed by atoms with E-state index in [1.54, 1.807) is 18.5 Å². The Kier molecular flexibility index (Phi) is 2.38. The largest absolute Gasteiger partial charge is 0.240 e. The van der Waals surface area contributed by atoms with Crippen LogP contribution in [0.15, 0.2) is 61.1 Å². The van der Waals surface area contributed by atoms with Gasteiger partial charge < -0.3 is 0 Å². The van der Waals surface area contributed by atoms with Gasteiger partial charge in [-0.05, 0) is 24.3 Å². The Hall–Kier alpha value is -2.49. The molecule has 2 aromatic heterocycles. The van der Waals surface area contributed by atoms with Crippen LogP contribution in [0.1, 0.15) is 0 Å². The first kappa shape index (κ1) is 9.72. The molecule has 3 aromatic rings. The molecule has 0 radical (unpaired) electrons. The summed E-state index contributed by atoms with van der Waals surface area (Å²) in [6, 6.07) is 13.6. The van der Waals surface area contributed by atoms with Crippen molar-refractivity contribution in [1.82, 2.24) is 19.7 Å². The van der Waals surface area contributed by atoms with Crippen LogP contribution in [0.5, 0.6) is 0 Å². The molecule has 4 heteroatoms. The lowest BCUT2D eigenvalue weighted by Crippen LogP contribution is -1.95. The number of para-hydroxylation sites is 1. The topological polar surface area (TPSA) is 43.6 Å². The number of hydrogen-bond acceptors (Lipinski definition) is 3. The highest BCUT2D eigenvalue weighted by Gasteiger charge is 2.04. The highest BCUT2D eigenvalue weighted by Crippen LogP contribution is 2.13. The van der Waals surface area contributed by atoms with Crippen LogP contribution in [-0.4, -0.2) is 19.7 Å². The van der Waals surface area contributed by atoms with Gasteiger partial charge in [-0.25, -0.2) is 14.6 Å². The van der Waals surface area contributed by atoms with Crippen LogP contribution in [-0.2, 0) is 0 Å². The van der Waals surface area contributed by atoms with Crippen molar-refractivity contribution in [3.8, 4) is 17.2 Å². The quantitative estimate of drug-likeness (QED) is 0.668. The number of rotatable bonds is 2. The summed E-state index contributed by atoms with van der Waals surface area (Å²) in [5, 5.41) is 4.44. The van der Waals surface area contributed by atoms with Crippen molar-refractivity contribution >= 4 is 0 Å². The molecule has 0 saturated heterocycles. The summed E-state index contributed by atoms with van der Waals surface area (Å²) >= 11 is 0. The van der Waals surface area contributed by atoms with Crippen LogP contribution >= 0.6 is 0 Å². The molecule has 0 bridgehead atoms. The second-order valence-electron chi connectivity index (χ2n) is 3.55. The van der Waals surface area contributed by atoms with E-state index in [1.165, 1.54) is 0 Å². The summed E-state index contributed by atoms with van der Waals surface area (Å²) in [4.78, 5) is 8.34. The van der Waals surface area contributed by atoms with E-state index in [9.17, 15) is 0 Å². The molecule has 3 rings (SSSR count). The first-order valence-corrected chi connectivity index (χ1v) is 5.32. The molecule has 0 aliphatic heterocycles. The third-order valence-electron chi connectivity index (χ3n) is 2.40. The van der Waals surface area contributed by atoms with Gasteiger partial charge in [-0.1, -0.05) is 18.2 Å². The molecular weight excluding hydrogens is 212 g/mol. The lowest BCUT2D eigenvalue weighted by molar-refractivity contribution is 0.879. The Morgan fingerprint density at radius 1 is 0.824 bits per heavy atom. The molecular formula is C13H10N4. The van der Waals surface area contributed by atoms with Gasteiger partial charge in [0.05, 0.1) is 5.69 Å². The van der Waals surface area contributed by atoms with Gasteiger partial charge in [0.15, 0.2) is 5.82 Å². The van der Waals surface area contributed by atoms with Gasteiger partial charge in [-0.2, -0.15) is 5.10 Å². The zero-order chi connectivity index (χ0) is 11.5. The maximum atomic E-state index is 4.44. The predicted octanol–water partition coefficient (Wildman–Crippen LogP) is 2.33. The molecule has 0 spiro atoms. The predicted molar refractivity (Wildman–Crippen MR) is 64.6 cm³/mol. The lowest BCUT2D eigenvalue weighted by atomic mass is 10.3. The molecule has 82 valence electrons. The van der Waals surface area contributed by atoms with E-state index in [1.807, 2.05) is 47.3 Å². The molecule has 0 amide bonds. The Balaban J connectivity index is 1.99. The van der Waals surface area contributed by atoms with Crippen molar-refractivity contribution in [2.45, 2.75) is 0 Å². The van der Waals surface area contributed by atoms with Gasteiger partial charge >= 0.3 is 0 Å². The van der Waals surface area contributed by atoms with E-state index in [-0.39, 0.29) is 0 Å². The van der Waals surface area contributed by atoms with Crippen molar-refractivity contribution in [2.24, 2.45) is 0 Å². The second-order valence-corrected chi connectivity index (χ2v) is 3.55. The summed E-state index contributed by atoms with van der Waals surface area (Å²) in [6.07, 6.45) is 5.33. The zero-order valence-corrected chi connectivity index (χ0v) is 9.06. The van der Waals surface area contributed by atoms with Crippen LogP contribution in [0.3, 0.4) is 0 Å². The maximum Gasteiger partial charge on any atom is 0.180 e. The molecule has 0 aliphatic rings. The Labute approximate surface area is 98.6 Å². The first-order valence-electron chi connectivity index (χ1n) is 5.32. The molecule has 0 N–H and O–H groups in total. The summed E-state index contributed by atoms with van der Waals surface area (Å²) in [6.45, 7) is 0. The van der Waals surface area contributed by atoms with E-state index < -0.39 is 0 Å². The van der Waals surface area contributed by atoms with E-state index in [4.69, 9.17) is 0 Å². The average Bonchev–Trinajstić information content (AvgIpc) is 2.90. The number of benzene rings is 1. The minimum atomic E-state index is 0.641. The van der Waals surface area contributed by atoms with Crippen molar-refractivity contribution in [2.75, 3.05) is 0 Å². The molecule has 0 aliphatic carbocycles. The smallest absolute Gasteiger partial charge is 0.180 e. The molecule has 0 saturated carbocycles. The standard InChI is InChI=1S/C13H10N4/c1-2-5-11(6-3-1)17-10-7-12(16-17)13-14-8-4-9-15-13/h1-10H. The summed E-state index contributed by atoms with van der Waals surface area (Å²) in [7, 11) is 0. The molecule has 0 atom stereocenters. The summed E-state index contributed by atoms with van der Waals surface area (Å²) < 4.78 is 1.81. The highest BCUT2D eigenvalue weighted by atomic mass is 15.3. The van der Waals surface area contributed by atoms with Crippen molar-refractivity contribution in [1.29, 1.82) is 0 Å². The second kappa shape index (κ2) is 4.17. The van der Waals surface area contributed by atoms with Crippen LogP contribution in [0.25, 0.3) is 17.2 Å². The Morgan fingerprint density at radius 3 is 2.35 bits per heavy atom. The van der Waals surface area contributed by atoms with Gasteiger partial charge in [-0.3, -0.25) is 0 Å². The zero-order valence-electron chi connectivity index (χ0n) is 9.06. The lowest BCUT2D eigenvalue weighted by Gasteiger charge is -1.99.